The third-order valence-electron chi connectivity index (χ3n) is 7.05. The first-order valence-electron chi connectivity index (χ1n) is 12.2. The fourth-order valence-electron chi connectivity index (χ4n) is 5.00. The minimum Gasteiger partial charge on any atom is -0.508 e. The lowest BCUT2D eigenvalue weighted by Gasteiger charge is -2.32. The van der Waals surface area contributed by atoms with Gasteiger partial charge in [0.2, 0.25) is 5.91 Å². The maximum absolute atomic E-state index is 14.2. The van der Waals surface area contributed by atoms with Crippen molar-refractivity contribution in [2.24, 2.45) is 0 Å². The largest absolute Gasteiger partial charge is 0.508 e. The van der Waals surface area contributed by atoms with Crippen molar-refractivity contribution in [3.63, 3.8) is 0 Å². The lowest BCUT2D eigenvalue weighted by molar-refractivity contribution is -0.120. The molecule has 0 saturated heterocycles. The Kier molecular flexibility index (Phi) is 6.97. The SMILES string of the molecule is Cc1ccc(O)c2c1C(C(=O)N(Cc1ccc(N(C)C)cc1)c1ccc(C(C)C)cc1)CCC2. The summed E-state index contributed by atoms with van der Waals surface area (Å²) in [5.41, 5.74) is 7.44. The molecule has 0 heterocycles. The topological polar surface area (TPSA) is 43.8 Å². The number of phenols is 1. The first kappa shape index (κ1) is 23.9. The van der Waals surface area contributed by atoms with Gasteiger partial charge in [-0.2, -0.15) is 0 Å². The van der Waals surface area contributed by atoms with Gasteiger partial charge in [0.25, 0.3) is 0 Å². The summed E-state index contributed by atoms with van der Waals surface area (Å²) in [7, 11) is 4.05. The second kappa shape index (κ2) is 9.92. The van der Waals surface area contributed by atoms with Crippen LogP contribution in [0.2, 0.25) is 0 Å². The van der Waals surface area contributed by atoms with Crippen LogP contribution in [-0.2, 0) is 17.8 Å². The van der Waals surface area contributed by atoms with Gasteiger partial charge in [0.05, 0.1) is 12.5 Å². The predicted molar refractivity (Wildman–Crippen MR) is 141 cm³/mol. The number of carbonyl (C=O) groups is 1. The van der Waals surface area contributed by atoms with E-state index in [1.54, 1.807) is 6.07 Å². The molecule has 0 radical (unpaired) electrons. The molecule has 0 spiro atoms. The van der Waals surface area contributed by atoms with Gasteiger partial charge in [0.1, 0.15) is 5.75 Å². The summed E-state index contributed by atoms with van der Waals surface area (Å²) in [6, 6.07) is 20.5. The van der Waals surface area contributed by atoms with Crippen LogP contribution in [0.1, 0.15) is 66.3 Å². The van der Waals surface area contributed by atoms with Gasteiger partial charge in [-0.25, -0.2) is 0 Å². The summed E-state index contributed by atoms with van der Waals surface area (Å²) >= 11 is 0. The molecule has 34 heavy (non-hydrogen) atoms. The summed E-state index contributed by atoms with van der Waals surface area (Å²) in [4.78, 5) is 18.2. The number of hydrogen-bond acceptors (Lipinski definition) is 3. The normalized spacial score (nSPS) is 15.2. The Bertz CT molecular complexity index is 1150. The molecule has 0 bridgehead atoms. The number of hydrogen-bond donors (Lipinski definition) is 1. The van der Waals surface area contributed by atoms with Crippen LogP contribution >= 0.6 is 0 Å². The highest BCUT2D eigenvalue weighted by atomic mass is 16.3. The van der Waals surface area contributed by atoms with Crippen molar-refractivity contribution in [1.82, 2.24) is 0 Å². The maximum atomic E-state index is 14.2. The van der Waals surface area contributed by atoms with Crippen LogP contribution in [0.25, 0.3) is 0 Å². The van der Waals surface area contributed by atoms with Gasteiger partial charge in [-0.15, -0.1) is 0 Å². The molecule has 0 fully saturated rings. The highest BCUT2D eigenvalue weighted by molar-refractivity contribution is 5.98. The van der Waals surface area contributed by atoms with Gasteiger partial charge in [0.15, 0.2) is 0 Å². The van der Waals surface area contributed by atoms with Crippen molar-refractivity contribution < 1.29 is 9.90 Å². The molecular formula is C30H36N2O2. The molecule has 1 amide bonds. The third kappa shape index (κ3) is 4.82. The van der Waals surface area contributed by atoms with E-state index >= 15 is 0 Å². The summed E-state index contributed by atoms with van der Waals surface area (Å²) in [6.45, 7) is 6.92. The number of aryl methyl sites for hydroxylation is 1. The molecule has 178 valence electrons. The number of aromatic hydroxyl groups is 1. The van der Waals surface area contributed by atoms with Crippen molar-refractivity contribution in [1.29, 1.82) is 0 Å². The number of rotatable bonds is 6. The van der Waals surface area contributed by atoms with Crippen LogP contribution in [0.5, 0.6) is 5.75 Å². The molecule has 1 unspecified atom stereocenters. The molecule has 3 aromatic carbocycles. The zero-order valence-corrected chi connectivity index (χ0v) is 21.0. The Morgan fingerprint density at radius 1 is 0.971 bits per heavy atom. The van der Waals surface area contributed by atoms with Crippen molar-refractivity contribution in [2.75, 3.05) is 23.9 Å². The van der Waals surface area contributed by atoms with Crippen LogP contribution in [0, 0.1) is 6.92 Å². The van der Waals surface area contributed by atoms with Crippen molar-refractivity contribution >= 4 is 17.3 Å². The highest BCUT2D eigenvalue weighted by Crippen LogP contribution is 2.40. The van der Waals surface area contributed by atoms with Gasteiger partial charge in [-0.05, 0) is 90.3 Å². The predicted octanol–water partition coefficient (Wildman–Crippen LogP) is 6.54. The molecule has 1 atom stereocenters. The average molecular weight is 457 g/mol. The van der Waals surface area contributed by atoms with Gasteiger partial charge in [0, 0.05) is 25.5 Å². The zero-order chi connectivity index (χ0) is 24.4. The van der Waals surface area contributed by atoms with Gasteiger partial charge in [-0.3, -0.25) is 4.79 Å². The van der Waals surface area contributed by atoms with E-state index in [4.69, 9.17) is 0 Å². The number of carbonyl (C=O) groups excluding carboxylic acids is 1. The number of phenolic OH excluding ortho intramolecular Hbond substituents is 1. The Labute approximate surface area is 203 Å². The van der Waals surface area contributed by atoms with Crippen LogP contribution in [0.15, 0.2) is 60.7 Å². The van der Waals surface area contributed by atoms with E-state index in [-0.39, 0.29) is 11.8 Å². The molecule has 3 aromatic rings. The van der Waals surface area contributed by atoms with Crippen LogP contribution in [-0.4, -0.2) is 25.1 Å². The number of amides is 1. The molecule has 1 aliphatic carbocycles. The molecule has 0 saturated carbocycles. The molecule has 4 rings (SSSR count). The smallest absolute Gasteiger partial charge is 0.234 e. The fourth-order valence-corrected chi connectivity index (χ4v) is 5.00. The lowest BCUT2D eigenvalue weighted by atomic mass is 9.79. The number of benzene rings is 3. The first-order chi connectivity index (χ1) is 16.3. The van der Waals surface area contributed by atoms with E-state index in [0.717, 1.165) is 52.9 Å². The summed E-state index contributed by atoms with van der Waals surface area (Å²) in [6.07, 6.45) is 2.52. The van der Waals surface area contributed by atoms with E-state index in [2.05, 4.69) is 67.3 Å². The summed E-state index contributed by atoms with van der Waals surface area (Å²) in [5.74, 6) is 0.600. The van der Waals surface area contributed by atoms with Crippen LogP contribution < -0.4 is 9.80 Å². The quantitative estimate of drug-likeness (QED) is 0.458. The van der Waals surface area contributed by atoms with E-state index in [1.807, 2.05) is 32.0 Å². The molecule has 1 aliphatic rings. The molecular weight excluding hydrogens is 420 g/mol. The number of nitrogens with zero attached hydrogens (tertiary/aromatic N) is 2. The summed E-state index contributed by atoms with van der Waals surface area (Å²) in [5, 5.41) is 10.5. The Morgan fingerprint density at radius 3 is 2.24 bits per heavy atom. The zero-order valence-electron chi connectivity index (χ0n) is 21.0. The second-order valence-corrected chi connectivity index (χ2v) is 9.97. The molecule has 4 nitrogen and oxygen atoms in total. The fraction of sp³-hybridized carbons (Fsp3) is 0.367. The minimum absolute atomic E-state index is 0.101. The number of fused-ring (bicyclic) bond motifs is 1. The van der Waals surface area contributed by atoms with Crippen molar-refractivity contribution in [2.45, 2.75) is 58.4 Å². The Hall–Kier alpha value is -3.27. The summed E-state index contributed by atoms with van der Waals surface area (Å²) < 4.78 is 0. The highest BCUT2D eigenvalue weighted by Gasteiger charge is 2.33. The Morgan fingerprint density at radius 2 is 1.62 bits per heavy atom. The monoisotopic (exact) mass is 456 g/mol. The molecule has 0 aromatic heterocycles. The van der Waals surface area contributed by atoms with E-state index in [9.17, 15) is 9.90 Å². The van der Waals surface area contributed by atoms with Crippen molar-refractivity contribution in [3.8, 4) is 5.75 Å². The Balaban J connectivity index is 1.72. The van der Waals surface area contributed by atoms with E-state index in [0.29, 0.717) is 18.2 Å². The first-order valence-corrected chi connectivity index (χ1v) is 12.2. The van der Waals surface area contributed by atoms with Crippen LogP contribution in [0.4, 0.5) is 11.4 Å². The third-order valence-corrected chi connectivity index (χ3v) is 7.05. The maximum Gasteiger partial charge on any atom is 0.234 e. The lowest BCUT2D eigenvalue weighted by Crippen LogP contribution is -2.36. The molecule has 4 heteroatoms. The average Bonchev–Trinajstić information content (AvgIpc) is 2.84. The molecule has 1 N–H and O–H groups in total. The second-order valence-electron chi connectivity index (χ2n) is 9.97. The van der Waals surface area contributed by atoms with E-state index in [1.165, 1.54) is 5.56 Å². The van der Waals surface area contributed by atoms with Gasteiger partial charge < -0.3 is 14.9 Å². The number of anilines is 2. The minimum atomic E-state index is -0.248. The van der Waals surface area contributed by atoms with Gasteiger partial charge >= 0.3 is 0 Å². The van der Waals surface area contributed by atoms with Crippen molar-refractivity contribution in [3.05, 3.63) is 88.5 Å². The molecule has 0 aliphatic heterocycles. The van der Waals surface area contributed by atoms with Gasteiger partial charge in [-0.1, -0.05) is 44.2 Å². The standard InChI is InChI=1S/C30H36N2O2/c1-20(2)23-12-16-25(17-13-23)32(19-22-10-14-24(15-11-22)31(4)5)30(34)27-8-6-7-26-28(33)18-9-21(3)29(26)27/h9-18,20,27,33H,6-8,19H2,1-5H3. The van der Waals surface area contributed by atoms with Crippen LogP contribution in [0.3, 0.4) is 0 Å². The van der Waals surface area contributed by atoms with E-state index < -0.39 is 0 Å².